The van der Waals surface area contributed by atoms with Crippen molar-refractivity contribution in [2.24, 2.45) is 4.99 Å². The molecule has 0 spiro atoms. The topological polar surface area (TPSA) is 46.5 Å². The lowest BCUT2D eigenvalue weighted by molar-refractivity contribution is 0.409. The molecule has 1 aliphatic rings. The summed E-state index contributed by atoms with van der Waals surface area (Å²) in [6, 6.07) is 25.0. The molecule has 160 valence electrons. The number of pyridine rings is 1. The van der Waals surface area contributed by atoms with Gasteiger partial charge in [0.05, 0.1) is 24.8 Å². The number of rotatable bonds is 5. The zero-order valence-electron chi connectivity index (χ0n) is 18.1. The zero-order chi connectivity index (χ0) is 22.1. The highest BCUT2D eigenvalue weighted by Crippen LogP contribution is 2.39. The minimum absolute atomic E-state index is 0.306. The largest absolute Gasteiger partial charge is 0.494 e. The molecule has 0 saturated heterocycles. The van der Waals surface area contributed by atoms with Crippen LogP contribution in [0, 0.1) is 5.82 Å². The second kappa shape index (κ2) is 8.08. The Labute approximate surface area is 186 Å². The lowest BCUT2D eigenvalue weighted by Gasteiger charge is -2.29. The number of nitrogens with zero attached hydrogens (tertiary/aromatic N) is 2. The van der Waals surface area contributed by atoms with E-state index in [-0.39, 0.29) is 11.4 Å². The highest BCUT2D eigenvalue weighted by Gasteiger charge is 2.37. The van der Waals surface area contributed by atoms with E-state index in [9.17, 15) is 4.39 Å². The van der Waals surface area contributed by atoms with Gasteiger partial charge in [-0.3, -0.25) is 4.99 Å². The summed E-state index contributed by atoms with van der Waals surface area (Å²) in [5.74, 6) is 0.912. The van der Waals surface area contributed by atoms with E-state index in [1.54, 1.807) is 13.2 Å². The van der Waals surface area contributed by atoms with Gasteiger partial charge in [-0.1, -0.05) is 79.7 Å². The smallest absolute Gasteiger partial charge is 0.156 e. The zero-order valence-corrected chi connectivity index (χ0v) is 18.1. The summed E-state index contributed by atoms with van der Waals surface area (Å²) in [7, 11) is 1.62. The fourth-order valence-corrected chi connectivity index (χ4v) is 4.45. The van der Waals surface area contributed by atoms with Gasteiger partial charge >= 0.3 is 0 Å². The number of halogens is 1. The van der Waals surface area contributed by atoms with Crippen molar-refractivity contribution in [3.63, 3.8) is 0 Å². The maximum Gasteiger partial charge on any atom is 0.156 e. The standard InChI is InChI=1S/C27H24FN3O/c1-3-27(19-13-8-5-9-14-19)17-29-26(31-27)22-20-15-10-16-21(28)24(20)30-23(25(22)32-2)18-11-6-4-7-12-18/h4-16H,3,17H2,1-2H3,(H,29,31). The summed E-state index contributed by atoms with van der Waals surface area (Å²) in [6.07, 6.45) is 0.856. The first-order valence-corrected chi connectivity index (χ1v) is 10.8. The van der Waals surface area contributed by atoms with Gasteiger partial charge in [0.1, 0.15) is 22.9 Å². The first-order chi connectivity index (χ1) is 15.7. The summed E-state index contributed by atoms with van der Waals surface area (Å²) in [5, 5.41) is 4.35. The molecule has 1 N–H and O–H groups in total. The number of benzene rings is 3. The van der Waals surface area contributed by atoms with Crippen LogP contribution in [0.1, 0.15) is 24.5 Å². The average Bonchev–Trinajstić information content (AvgIpc) is 3.30. The van der Waals surface area contributed by atoms with Gasteiger partial charge < -0.3 is 10.1 Å². The van der Waals surface area contributed by atoms with Crippen LogP contribution >= 0.6 is 0 Å². The number of fused-ring (bicyclic) bond motifs is 1. The molecule has 4 nitrogen and oxygen atoms in total. The number of amidine groups is 1. The number of hydrogen-bond donors (Lipinski definition) is 1. The Hall–Kier alpha value is -3.73. The molecule has 0 amide bonds. The van der Waals surface area contributed by atoms with Gasteiger partial charge in [-0.2, -0.15) is 0 Å². The Morgan fingerprint density at radius 1 is 0.969 bits per heavy atom. The number of aromatic nitrogens is 1. The molecule has 0 saturated carbocycles. The molecule has 4 aromatic rings. The fraction of sp³-hybridized carbons (Fsp3) is 0.185. The van der Waals surface area contributed by atoms with Crippen LogP contribution in [0.5, 0.6) is 5.75 Å². The number of nitrogens with one attached hydrogen (secondary N) is 1. The highest BCUT2D eigenvalue weighted by atomic mass is 19.1. The van der Waals surface area contributed by atoms with Crippen LogP contribution in [-0.2, 0) is 5.54 Å². The molecule has 0 fully saturated rings. The molecule has 0 radical (unpaired) electrons. The summed E-state index contributed by atoms with van der Waals surface area (Å²) in [5.41, 5.74) is 3.35. The minimum atomic E-state index is -0.369. The molecule has 0 bridgehead atoms. The summed E-state index contributed by atoms with van der Waals surface area (Å²) in [4.78, 5) is 9.59. The molecule has 32 heavy (non-hydrogen) atoms. The van der Waals surface area contributed by atoms with Gasteiger partial charge in [-0.25, -0.2) is 9.37 Å². The van der Waals surface area contributed by atoms with Crippen molar-refractivity contribution in [2.75, 3.05) is 13.7 Å². The molecule has 1 unspecified atom stereocenters. The first kappa shape index (κ1) is 20.2. The van der Waals surface area contributed by atoms with Crippen LogP contribution in [-0.4, -0.2) is 24.5 Å². The SMILES string of the molecule is CCC1(c2ccccc2)CN=C(c2c(OC)c(-c3ccccc3)nc3c(F)cccc23)N1. The van der Waals surface area contributed by atoms with E-state index < -0.39 is 0 Å². The third-order valence-electron chi connectivity index (χ3n) is 6.20. The van der Waals surface area contributed by atoms with Gasteiger partial charge in [0.15, 0.2) is 5.75 Å². The molecule has 1 aromatic heterocycles. The first-order valence-electron chi connectivity index (χ1n) is 10.8. The van der Waals surface area contributed by atoms with Crippen molar-refractivity contribution in [3.05, 3.63) is 95.8 Å². The van der Waals surface area contributed by atoms with Crippen LogP contribution in [0.25, 0.3) is 22.2 Å². The fourth-order valence-electron chi connectivity index (χ4n) is 4.45. The Morgan fingerprint density at radius 2 is 1.69 bits per heavy atom. The van der Waals surface area contributed by atoms with Gasteiger partial charge in [0, 0.05) is 10.9 Å². The van der Waals surface area contributed by atoms with Crippen molar-refractivity contribution in [3.8, 4) is 17.0 Å². The summed E-state index contributed by atoms with van der Waals surface area (Å²) >= 11 is 0. The number of para-hydroxylation sites is 1. The van der Waals surface area contributed by atoms with Gasteiger partial charge in [0.25, 0.3) is 0 Å². The van der Waals surface area contributed by atoms with Crippen molar-refractivity contribution in [1.29, 1.82) is 0 Å². The molecule has 0 aliphatic carbocycles. The number of aliphatic imine (C=N–C) groups is 1. The lowest BCUT2D eigenvalue weighted by atomic mass is 9.88. The Balaban J connectivity index is 1.73. The second-order valence-corrected chi connectivity index (χ2v) is 7.96. The quantitative estimate of drug-likeness (QED) is 0.446. The van der Waals surface area contributed by atoms with E-state index in [1.165, 1.54) is 11.6 Å². The third-order valence-corrected chi connectivity index (χ3v) is 6.20. The Kier molecular flexibility index (Phi) is 5.10. The van der Waals surface area contributed by atoms with Crippen LogP contribution in [0.3, 0.4) is 0 Å². The minimum Gasteiger partial charge on any atom is -0.494 e. The van der Waals surface area contributed by atoms with E-state index in [1.807, 2.05) is 54.6 Å². The number of ether oxygens (including phenoxy) is 1. The summed E-state index contributed by atoms with van der Waals surface area (Å²) in [6.45, 7) is 2.74. The molecular formula is C27H24FN3O. The van der Waals surface area contributed by atoms with Gasteiger partial charge in [-0.15, -0.1) is 0 Å². The Bertz CT molecular complexity index is 1310. The van der Waals surface area contributed by atoms with Crippen LogP contribution < -0.4 is 10.1 Å². The highest BCUT2D eigenvalue weighted by molar-refractivity contribution is 6.14. The predicted molar refractivity (Wildman–Crippen MR) is 127 cm³/mol. The lowest BCUT2D eigenvalue weighted by Crippen LogP contribution is -2.42. The normalized spacial score (nSPS) is 17.8. The summed E-state index contributed by atoms with van der Waals surface area (Å²) < 4.78 is 20.8. The molecule has 3 aromatic carbocycles. The molecular weight excluding hydrogens is 401 g/mol. The average molecular weight is 426 g/mol. The third kappa shape index (κ3) is 3.21. The van der Waals surface area contributed by atoms with E-state index in [0.717, 1.165) is 17.5 Å². The monoisotopic (exact) mass is 425 g/mol. The number of hydrogen-bond acceptors (Lipinski definition) is 4. The maximum atomic E-state index is 14.9. The van der Waals surface area contributed by atoms with Crippen LogP contribution in [0.2, 0.25) is 0 Å². The maximum absolute atomic E-state index is 14.9. The molecule has 1 atom stereocenters. The van der Waals surface area contributed by atoms with Crippen LogP contribution in [0.15, 0.2) is 83.9 Å². The Morgan fingerprint density at radius 3 is 2.38 bits per heavy atom. The molecule has 5 heteroatoms. The van der Waals surface area contributed by atoms with Crippen molar-refractivity contribution >= 4 is 16.7 Å². The molecule has 5 rings (SSSR count). The van der Waals surface area contributed by atoms with Gasteiger partial charge in [0.2, 0.25) is 0 Å². The van der Waals surface area contributed by atoms with Crippen molar-refractivity contribution in [1.82, 2.24) is 10.3 Å². The van der Waals surface area contributed by atoms with E-state index in [2.05, 4.69) is 29.4 Å². The van der Waals surface area contributed by atoms with E-state index in [4.69, 9.17) is 9.73 Å². The van der Waals surface area contributed by atoms with Gasteiger partial charge in [-0.05, 0) is 18.1 Å². The van der Waals surface area contributed by atoms with Crippen molar-refractivity contribution < 1.29 is 9.13 Å². The number of methoxy groups -OCH3 is 1. The van der Waals surface area contributed by atoms with Crippen LogP contribution in [0.4, 0.5) is 4.39 Å². The van der Waals surface area contributed by atoms with E-state index >= 15 is 0 Å². The predicted octanol–water partition coefficient (Wildman–Crippen LogP) is 5.70. The van der Waals surface area contributed by atoms with E-state index in [0.29, 0.717) is 34.7 Å². The molecule has 2 heterocycles. The second-order valence-electron chi connectivity index (χ2n) is 7.96. The molecule has 1 aliphatic heterocycles. The van der Waals surface area contributed by atoms with Crippen molar-refractivity contribution in [2.45, 2.75) is 18.9 Å².